The lowest BCUT2D eigenvalue weighted by Gasteiger charge is -2.19. The van der Waals surface area contributed by atoms with Gasteiger partial charge in [0.25, 0.3) is 5.91 Å². The van der Waals surface area contributed by atoms with Crippen molar-refractivity contribution in [3.05, 3.63) is 29.8 Å². The Balaban J connectivity index is 2.81. The van der Waals surface area contributed by atoms with Crippen LogP contribution in [0.3, 0.4) is 0 Å². The number of anilines is 1. The van der Waals surface area contributed by atoms with E-state index in [2.05, 4.69) is 5.32 Å². The zero-order chi connectivity index (χ0) is 15.8. The number of nitrogens with two attached hydrogens (primary N) is 1. The number of amides is 2. The molecule has 0 aliphatic heterocycles. The van der Waals surface area contributed by atoms with Gasteiger partial charge in [0.15, 0.2) is 0 Å². The normalized spacial score (nSPS) is 11.8. The van der Waals surface area contributed by atoms with Crippen molar-refractivity contribution in [2.75, 3.05) is 32.1 Å². The Morgan fingerprint density at radius 1 is 1.33 bits per heavy atom. The molecule has 21 heavy (non-hydrogen) atoms. The van der Waals surface area contributed by atoms with Gasteiger partial charge in [-0.1, -0.05) is 6.07 Å². The van der Waals surface area contributed by atoms with E-state index in [1.54, 1.807) is 29.2 Å². The van der Waals surface area contributed by atoms with E-state index in [-0.39, 0.29) is 18.4 Å². The molecular formula is C15H23N3O3. The van der Waals surface area contributed by atoms with Gasteiger partial charge in [0, 0.05) is 31.5 Å². The van der Waals surface area contributed by atoms with Gasteiger partial charge in [-0.3, -0.25) is 9.59 Å². The maximum atomic E-state index is 12.2. The molecule has 116 valence electrons. The van der Waals surface area contributed by atoms with Crippen LogP contribution in [0.15, 0.2) is 24.3 Å². The van der Waals surface area contributed by atoms with E-state index < -0.39 is 6.04 Å². The molecule has 0 fully saturated rings. The number of ether oxygens (including phenoxy) is 1. The van der Waals surface area contributed by atoms with Gasteiger partial charge in [0.05, 0.1) is 6.61 Å². The van der Waals surface area contributed by atoms with Gasteiger partial charge in [-0.25, -0.2) is 0 Å². The third kappa shape index (κ3) is 4.84. The van der Waals surface area contributed by atoms with Crippen molar-refractivity contribution in [3.8, 4) is 0 Å². The quantitative estimate of drug-likeness (QED) is 0.788. The van der Waals surface area contributed by atoms with Crippen LogP contribution in [-0.2, 0) is 9.53 Å². The summed E-state index contributed by atoms with van der Waals surface area (Å²) in [5.74, 6) is -0.401. The zero-order valence-electron chi connectivity index (χ0n) is 12.8. The lowest BCUT2D eigenvalue weighted by atomic mass is 10.1. The van der Waals surface area contributed by atoms with E-state index >= 15 is 0 Å². The number of nitrogens with one attached hydrogen (secondary N) is 1. The largest absolute Gasteiger partial charge is 0.383 e. The van der Waals surface area contributed by atoms with Crippen LogP contribution in [0.4, 0.5) is 5.69 Å². The summed E-state index contributed by atoms with van der Waals surface area (Å²) in [5, 5.41) is 2.68. The smallest absolute Gasteiger partial charge is 0.253 e. The summed E-state index contributed by atoms with van der Waals surface area (Å²) in [4.78, 5) is 25.8. The fraction of sp³-hybridized carbons (Fsp3) is 0.467. The van der Waals surface area contributed by atoms with E-state index in [1.807, 2.05) is 13.8 Å². The molecule has 0 saturated carbocycles. The molecule has 0 heterocycles. The van der Waals surface area contributed by atoms with Crippen LogP contribution in [0.2, 0.25) is 0 Å². The Morgan fingerprint density at radius 3 is 2.57 bits per heavy atom. The highest BCUT2D eigenvalue weighted by Crippen LogP contribution is 2.13. The Bertz CT molecular complexity index is 487. The SMILES string of the molecule is CCN(CC)C(=O)c1cccc(NC(=O)C(N)COC)c1. The van der Waals surface area contributed by atoms with Crippen LogP contribution in [0, 0.1) is 0 Å². The summed E-state index contributed by atoms with van der Waals surface area (Å²) >= 11 is 0. The molecule has 0 aliphatic carbocycles. The molecule has 1 rings (SSSR count). The van der Waals surface area contributed by atoms with Crippen molar-refractivity contribution in [3.63, 3.8) is 0 Å². The van der Waals surface area contributed by atoms with Crippen LogP contribution < -0.4 is 11.1 Å². The number of nitrogens with zero attached hydrogens (tertiary/aromatic N) is 1. The molecule has 6 heteroatoms. The molecule has 0 bridgehead atoms. The first-order valence-electron chi connectivity index (χ1n) is 6.98. The summed E-state index contributed by atoms with van der Waals surface area (Å²) < 4.78 is 4.84. The number of carbonyl (C=O) groups is 2. The third-order valence-corrected chi connectivity index (χ3v) is 3.11. The first-order valence-corrected chi connectivity index (χ1v) is 6.98. The van der Waals surface area contributed by atoms with Gasteiger partial charge in [0.1, 0.15) is 6.04 Å². The highest BCUT2D eigenvalue weighted by Gasteiger charge is 2.15. The lowest BCUT2D eigenvalue weighted by Crippen LogP contribution is -2.39. The average Bonchev–Trinajstić information content (AvgIpc) is 2.48. The Kier molecular flexibility index (Phi) is 6.84. The summed E-state index contributed by atoms with van der Waals surface area (Å²) in [5.41, 5.74) is 6.74. The molecular weight excluding hydrogens is 270 g/mol. The standard InChI is InChI=1S/C15H23N3O3/c1-4-18(5-2)15(20)11-7-6-8-12(9-11)17-14(19)13(16)10-21-3/h6-9,13H,4-5,10,16H2,1-3H3,(H,17,19). The molecule has 2 amide bonds. The van der Waals surface area contributed by atoms with Crippen molar-refractivity contribution < 1.29 is 14.3 Å². The molecule has 1 atom stereocenters. The minimum atomic E-state index is -0.739. The molecule has 6 nitrogen and oxygen atoms in total. The average molecular weight is 293 g/mol. The van der Waals surface area contributed by atoms with Crippen LogP contribution >= 0.6 is 0 Å². The summed E-state index contributed by atoms with van der Waals surface area (Å²) in [6.45, 7) is 5.28. The minimum absolute atomic E-state index is 0.0581. The second-order valence-electron chi connectivity index (χ2n) is 4.61. The fourth-order valence-corrected chi connectivity index (χ4v) is 1.91. The predicted molar refractivity (Wildman–Crippen MR) is 82.2 cm³/mol. The van der Waals surface area contributed by atoms with Crippen molar-refractivity contribution in [1.29, 1.82) is 0 Å². The van der Waals surface area contributed by atoms with Gasteiger partial charge in [-0.05, 0) is 32.0 Å². The Morgan fingerprint density at radius 2 is 2.00 bits per heavy atom. The van der Waals surface area contributed by atoms with E-state index in [0.29, 0.717) is 24.3 Å². The fourth-order valence-electron chi connectivity index (χ4n) is 1.91. The maximum absolute atomic E-state index is 12.2. The molecule has 3 N–H and O–H groups in total. The summed E-state index contributed by atoms with van der Waals surface area (Å²) in [7, 11) is 1.48. The molecule has 0 aromatic heterocycles. The topological polar surface area (TPSA) is 84.7 Å². The molecule has 0 spiro atoms. The van der Waals surface area contributed by atoms with E-state index in [0.717, 1.165) is 0 Å². The maximum Gasteiger partial charge on any atom is 0.253 e. The van der Waals surface area contributed by atoms with Crippen molar-refractivity contribution >= 4 is 17.5 Å². The first kappa shape index (κ1) is 17.1. The molecule has 1 unspecified atom stereocenters. The summed E-state index contributed by atoms with van der Waals surface area (Å²) in [6, 6.07) is 6.09. The molecule has 1 aromatic carbocycles. The van der Waals surface area contributed by atoms with E-state index in [4.69, 9.17) is 10.5 Å². The van der Waals surface area contributed by atoms with E-state index in [1.165, 1.54) is 7.11 Å². The minimum Gasteiger partial charge on any atom is -0.383 e. The van der Waals surface area contributed by atoms with Crippen LogP contribution in [-0.4, -0.2) is 49.6 Å². The first-order chi connectivity index (χ1) is 10.0. The highest BCUT2D eigenvalue weighted by molar-refractivity contribution is 5.98. The van der Waals surface area contributed by atoms with Gasteiger partial charge < -0.3 is 20.7 Å². The van der Waals surface area contributed by atoms with Gasteiger partial charge >= 0.3 is 0 Å². The second-order valence-corrected chi connectivity index (χ2v) is 4.61. The monoisotopic (exact) mass is 293 g/mol. The summed E-state index contributed by atoms with van der Waals surface area (Å²) in [6.07, 6.45) is 0. The number of hydrogen-bond donors (Lipinski definition) is 2. The number of rotatable bonds is 7. The van der Waals surface area contributed by atoms with Crippen LogP contribution in [0.1, 0.15) is 24.2 Å². The Labute approximate surface area is 125 Å². The van der Waals surface area contributed by atoms with Gasteiger partial charge in [-0.2, -0.15) is 0 Å². The zero-order valence-corrected chi connectivity index (χ0v) is 12.8. The number of methoxy groups -OCH3 is 1. The van der Waals surface area contributed by atoms with Crippen molar-refractivity contribution in [1.82, 2.24) is 4.90 Å². The highest BCUT2D eigenvalue weighted by atomic mass is 16.5. The van der Waals surface area contributed by atoms with Gasteiger partial charge in [-0.15, -0.1) is 0 Å². The number of hydrogen-bond acceptors (Lipinski definition) is 4. The second kappa shape index (κ2) is 8.39. The lowest BCUT2D eigenvalue weighted by molar-refractivity contribution is -0.118. The van der Waals surface area contributed by atoms with Crippen molar-refractivity contribution in [2.24, 2.45) is 5.73 Å². The Hall–Kier alpha value is -1.92. The third-order valence-electron chi connectivity index (χ3n) is 3.11. The molecule has 1 aromatic rings. The van der Waals surface area contributed by atoms with E-state index in [9.17, 15) is 9.59 Å². The van der Waals surface area contributed by atoms with Gasteiger partial charge in [0.2, 0.25) is 5.91 Å². The van der Waals surface area contributed by atoms with Crippen molar-refractivity contribution in [2.45, 2.75) is 19.9 Å². The number of benzene rings is 1. The predicted octanol–water partition coefficient (Wildman–Crippen LogP) is 1.08. The number of carbonyl (C=O) groups excluding carboxylic acids is 2. The molecule has 0 saturated heterocycles. The van der Waals surface area contributed by atoms with Crippen LogP contribution in [0.25, 0.3) is 0 Å². The molecule has 0 radical (unpaired) electrons. The molecule has 0 aliphatic rings. The van der Waals surface area contributed by atoms with Crippen LogP contribution in [0.5, 0.6) is 0 Å².